The smallest absolute Gasteiger partial charge is 0.229 e. The molecule has 2 aromatic heterocycles. The van der Waals surface area contributed by atoms with Crippen molar-refractivity contribution in [1.29, 1.82) is 0 Å². The predicted molar refractivity (Wildman–Crippen MR) is 70.6 cm³/mol. The van der Waals surface area contributed by atoms with Gasteiger partial charge in [-0.15, -0.1) is 0 Å². The summed E-state index contributed by atoms with van der Waals surface area (Å²) in [7, 11) is 3.55. The zero-order valence-corrected chi connectivity index (χ0v) is 10.5. The molecule has 0 saturated heterocycles. The number of aromatic nitrogens is 3. The lowest BCUT2D eigenvalue weighted by Crippen LogP contribution is -2.09. The monoisotopic (exact) mass is 250 g/mol. The Morgan fingerprint density at radius 1 is 1.06 bits per heavy atom. The standard InChI is InChI=1S/C10H14N6S/c1-11-8-14-9(12-2)16-10(15-8)13-5-7-3-4-17-6-7/h3-4,6H,5H2,1-2H3,(H3,11,12,13,14,15,16). The number of anilines is 3. The molecule has 6 nitrogen and oxygen atoms in total. The van der Waals surface area contributed by atoms with Crippen LogP contribution in [0.1, 0.15) is 5.56 Å². The summed E-state index contributed by atoms with van der Waals surface area (Å²) in [6.07, 6.45) is 0. The van der Waals surface area contributed by atoms with Crippen LogP contribution in [0.15, 0.2) is 16.8 Å². The molecule has 0 saturated carbocycles. The van der Waals surface area contributed by atoms with Crippen LogP contribution in [0.4, 0.5) is 17.8 Å². The first-order chi connectivity index (χ1) is 8.31. The molecule has 2 heterocycles. The topological polar surface area (TPSA) is 74.8 Å². The molecule has 0 atom stereocenters. The van der Waals surface area contributed by atoms with Crippen molar-refractivity contribution in [3.8, 4) is 0 Å². The van der Waals surface area contributed by atoms with E-state index in [-0.39, 0.29) is 0 Å². The third-order valence-electron chi connectivity index (χ3n) is 2.11. The second kappa shape index (κ2) is 5.44. The molecule has 3 N–H and O–H groups in total. The van der Waals surface area contributed by atoms with Gasteiger partial charge in [0.25, 0.3) is 0 Å². The second-order valence-corrected chi connectivity index (χ2v) is 4.07. The van der Waals surface area contributed by atoms with Crippen LogP contribution in [0.2, 0.25) is 0 Å². The van der Waals surface area contributed by atoms with E-state index in [0.29, 0.717) is 24.4 Å². The van der Waals surface area contributed by atoms with Crippen molar-refractivity contribution in [3.05, 3.63) is 22.4 Å². The molecule has 0 radical (unpaired) electrons. The van der Waals surface area contributed by atoms with Crippen molar-refractivity contribution in [1.82, 2.24) is 15.0 Å². The molecule has 0 aromatic carbocycles. The molecule has 0 aliphatic carbocycles. The molecule has 7 heteroatoms. The maximum absolute atomic E-state index is 4.22. The van der Waals surface area contributed by atoms with Gasteiger partial charge in [0.2, 0.25) is 17.8 Å². The summed E-state index contributed by atoms with van der Waals surface area (Å²) in [5.41, 5.74) is 1.22. The predicted octanol–water partition coefficient (Wildman–Crippen LogP) is 1.63. The van der Waals surface area contributed by atoms with Gasteiger partial charge in [-0.2, -0.15) is 26.3 Å². The van der Waals surface area contributed by atoms with Crippen molar-refractivity contribution in [2.45, 2.75) is 6.54 Å². The lowest BCUT2D eigenvalue weighted by Gasteiger charge is -2.07. The first-order valence-corrected chi connectivity index (χ1v) is 6.12. The lowest BCUT2D eigenvalue weighted by atomic mass is 10.3. The summed E-state index contributed by atoms with van der Waals surface area (Å²) in [6.45, 7) is 0.708. The summed E-state index contributed by atoms with van der Waals surface area (Å²) in [6, 6.07) is 2.07. The molecule has 0 bridgehead atoms. The van der Waals surface area contributed by atoms with Crippen molar-refractivity contribution in [2.75, 3.05) is 30.0 Å². The van der Waals surface area contributed by atoms with E-state index in [0.717, 1.165) is 0 Å². The lowest BCUT2D eigenvalue weighted by molar-refractivity contribution is 1.01. The van der Waals surface area contributed by atoms with Crippen LogP contribution < -0.4 is 16.0 Å². The highest BCUT2D eigenvalue weighted by molar-refractivity contribution is 7.07. The number of rotatable bonds is 5. The number of nitrogens with zero attached hydrogens (tertiary/aromatic N) is 3. The van der Waals surface area contributed by atoms with Crippen molar-refractivity contribution in [3.63, 3.8) is 0 Å². The van der Waals surface area contributed by atoms with E-state index < -0.39 is 0 Å². The molecular formula is C10H14N6S. The number of thiophene rings is 1. The van der Waals surface area contributed by atoms with E-state index >= 15 is 0 Å². The molecule has 17 heavy (non-hydrogen) atoms. The Morgan fingerprint density at radius 3 is 2.24 bits per heavy atom. The molecule has 90 valence electrons. The van der Waals surface area contributed by atoms with Crippen LogP contribution >= 0.6 is 11.3 Å². The summed E-state index contributed by atoms with van der Waals surface area (Å²) >= 11 is 1.67. The molecule has 0 aliphatic rings. The van der Waals surface area contributed by atoms with Gasteiger partial charge in [-0.05, 0) is 22.4 Å². The van der Waals surface area contributed by atoms with Gasteiger partial charge >= 0.3 is 0 Å². The van der Waals surface area contributed by atoms with Gasteiger partial charge in [0.15, 0.2) is 0 Å². The first kappa shape index (κ1) is 11.6. The van der Waals surface area contributed by atoms with Gasteiger partial charge in [0.05, 0.1) is 0 Å². The Morgan fingerprint density at radius 2 is 1.71 bits per heavy atom. The van der Waals surface area contributed by atoms with Crippen LogP contribution in [-0.2, 0) is 6.54 Å². The van der Waals surface area contributed by atoms with E-state index in [4.69, 9.17) is 0 Å². The fraction of sp³-hybridized carbons (Fsp3) is 0.300. The maximum atomic E-state index is 4.22. The molecule has 0 unspecified atom stereocenters. The van der Waals surface area contributed by atoms with Crippen LogP contribution in [0, 0.1) is 0 Å². The fourth-order valence-electron chi connectivity index (χ4n) is 1.25. The minimum Gasteiger partial charge on any atom is -0.357 e. The minimum atomic E-state index is 0.539. The zero-order chi connectivity index (χ0) is 12.1. The summed E-state index contributed by atoms with van der Waals surface area (Å²) in [5, 5.41) is 13.1. The average Bonchev–Trinajstić information content (AvgIpc) is 2.89. The molecule has 0 fully saturated rings. The zero-order valence-electron chi connectivity index (χ0n) is 9.69. The first-order valence-electron chi connectivity index (χ1n) is 5.18. The van der Waals surface area contributed by atoms with Gasteiger partial charge < -0.3 is 16.0 Å². The Hall–Kier alpha value is -1.89. The summed E-state index contributed by atoms with van der Waals surface area (Å²) in [4.78, 5) is 12.6. The van der Waals surface area contributed by atoms with E-state index in [1.165, 1.54) is 5.56 Å². The normalized spacial score (nSPS) is 10.0. The minimum absolute atomic E-state index is 0.539. The Labute approximate surface area is 104 Å². The highest BCUT2D eigenvalue weighted by Crippen LogP contribution is 2.11. The van der Waals surface area contributed by atoms with Crippen molar-refractivity contribution in [2.24, 2.45) is 0 Å². The average molecular weight is 250 g/mol. The number of hydrogen-bond acceptors (Lipinski definition) is 7. The van der Waals surface area contributed by atoms with Crippen LogP contribution in [0.25, 0.3) is 0 Å². The summed E-state index contributed by atoms with van der Waals surface area (Å²) in [5.74, 6) is 1.63. The summed E-state index contributed by atoms with van der Waals surface area (Å²) < 4.78 is 0. The number of nitrogens with one attached hydrogen (secondary N) is 3. The molecule has 0 amide bonds. The van der Waals surface area contributed by atoms with Crippen LogP contribution in [-0.4, -0.2) is 29.0 Å². The molecule has 2 aromatic rings. The highest BCUT2D eigenvalue weighted by atomic mass is 32.1. The highest BCUT2D eigenvalue weighted by Gasteiger charge is 2.03. The van der Waals surface area contributed by atoms with Gasteiger partial charge in [-0.25, -0.2) is 0 Å². The van der Waals surface area contributed by atoms with E-state index in [1.54, 1.807) is 25.4 Å². The molecule has 2 rings (SSSR count). The van der Waals surface area contributed by atoms with E-state index in [1.807, 2.05) is 5.38 Å². The molecular weight excluding hydrogens is 236 g/mol. The SMILES string of the molecule is CNc1nc(NC)nc(NCc2ccsc2)n1. The Balaban J connectivity index is 2.09. The van der Waals surface area contributed by atoms with Crippen LogP contribution in [0.3, 0.4) is 0 Å². The van der Waals surface area contributed by atoms with Crippen LogP contribution in [0.5, 0.6) is 0 Å². The maximum Gasteiger partial charge on any atom is 0.229 e. The quantitative estimate of drug-likeness (QED) is 0.749. The van der Waals surface area contributed by atoms with Gasteiger partial charge in [0, 0.05) is 20.6 Å². The Kier molecular flexibility index (Phi) is 3.71. The van der Waals surface area contributed by atoms with E-state index in [2.05, 4.69) is 42.3 Å². The third kappa shape index (κ3) is 3.04. The third-order valence-corrected chi connectivity index (χ3v) is 2.85. The Bertz CT molecular complexity index is 447. The number of hydrogen-bond donors (Lipinski definition) is 3. The van der Waals surface area contributed by atoms with Gasteiger partial charge in [-0.3, -0.25) is 0 Å². The largest absolute Gasteiger partial charge is 0.357 e. The molecule has 0 aliphatic heterocycles. The van der Waals surface area contributed by atoms with Crippen molar-refractivity contribution < 1.29 is 0 Å². The van der Waals surface area contributed by atoms with Gasteiger partial charge in [0.1, 0.15) is 0 Å². The van der Waals surface area contributed by atoms with Crippen molar-refractivity contribution >= 4 is 29.2 Å². The second-order valence-electron chi connectivity index (χ2n) is 3.29. The fourth-order valence-corrected chi connectivity index (χ4v) is 1.92. The molecule has 0 spiro atoms. The van der Waals surface area contributed by atoms with E-state index in [9.17, 15) is 0 Å². The van der Waals surface area contributed by atoms with Gasteiger partial charge in [-0.1, -0.05) is 0 Å².